The van der Waals surface area contributed by atoms with Crippen molar-refractivity contribution in [2.24, 2.45) is 11.7 Å². The highest BCUT2D eigenvalue weighted by molar-refractivity contribution is 7.89. The first-order valence-electron chi connectivity index (χ1n) is 7.80. The van der Waals surface area contributed by atoms with Crippen LogP contribution in [0.1, 0.15) is 32.3 Å². The number of hydrogen-bond donors (Lipinski definition) is 1. The summed E-state index contributed by atoms with van der Waals surface area (Å²) in [7, 11) is -3.75. The van der Waals surface area contributed by atoms with Crippen molar-refractivity contribution in [3.05, 3.63) is 33.9 Å². The fourth-order valence-electron chi connectivity index (χ4n) is 2.95. The molecule has 128 valence electrons. The highest BCUT2D eigenvalue weighted by Crippen LogP contribution is 2.29. The van der Waals surface area contributed by atoms with E-state index in [0.717, 1.165) is 12.8 Å². The SMILES string of the molecule is CCc1ccc([N+](=O)[O-])cc1S(=O)(=O)N1CCCC(C(C)N)C1. The maximum absolute atomic E-state index is 13.0. The minimum atomic E-state index is -3.75. The van der Waals surface area contributed by atoms with Crippen LogP contribution in [0.4, 0.5) is 5.69 Å². The summed E-state index contributed by atoms with van der Waals surface area (Å²) >= 11 is 0. The van der Waals surface area contributed by atoms with Gasteiger partial charge in [0.05, 0.1) is 9.82 Å². The molecule has 1 fully saturated rings. The summed E-state index contributed by atoms with van der Waals surface area (Å²) in [5.74, 6) is 0.113. The van der Waals surface area contributed by atoms with Crippen LogP contribution in [0.15, 0.2) is 23.1 Å². The maximum Gasteiger partial charge on any atom is 0.270 e. The molecule has 1 saturated heterocycles. The number of aryl methyl sites for hydroxylation is 1. The molecule has 1 aliphatic heterocycles. The Balaban J connectivity index is 2.42. The predicted molar refractivity (Wildman–Crippen MR) is 87.6 cm³/mol. The normalized spacial score (nSPS) is 21.1. The van der Waals surface area contributed by atoms with Crippen LogP contribution in [0.25, 0.3) is 0 Å². The van der Waals surface area contributed by atoms with Gasteiger partial charge in [-0.3, -0.25) is 10.1 Å². The van der Waals surface area contributed by atoms with E-state index in [2.05, 4.69) is 0 Å². The van der Waals surface area contributed by atoms with Crippen molar-refractivity contribution >= 4 is 15.7 Å². The van der Waals surface area contributed by atoms with Gasteiger partial charge in [-0.05, 0) is 37.7 Å². The van der Waals surface area contributed by atoms with Crippen LogP contribution in [0.5, 0.6) is 0 Å². The molecule has 1 heterocycles. The van der Waals surface area contributed by atoms with E-state index in [1.54, 1.807) is 0 Å². The summed E-state index contributed by atoms with van der Waals surface area (Å²) in [5.41, 5.74) is 6.31. The third-order valence-electron chi connectivity index (χ3n) is 4.42. The molecular formula is C15H23N3O4S. The minimum absolute atomic E-state index is 0.0412. The van der Waals surface area contributed by atoms with E-state index in [0.29, 0.717) is 25.1 Å². The first-order valence-corrected chi connectivity index (χ1v) is 9.24. The Kier molecular flexibility index (Phi) is 5.38. The van der Waals surface area contributed by atoms with Crippen molar-refractivity contribution in [3.8, 4) is 0 Å². The summed E-state index contributed by atoms with van der Waals surface area (Å²) < 4.78 is 27.4. The van der Waals surface area contributed by atoms with Crippen molar-refractivity contribution < 1.29 is 13.3 Å². The van der Waals surface area contributed by atoms with E-state index in [1.165, 1.54) is 22.5 Å². The van der Waals surface area contributed by atoms with Crippen LogP contribution in [-0.2, 0) is 16.4 Å². The molecule has 0 aromatic heterocycles. The molecule has 7 nitrogen and oxygen atoms in total. The van der Waals surface area contributed by atoms with Crippen molar-refractivity contribution in [1.82, 2.24) is 4.31 Å². The van der Waals surface area contributed by atoms with Gasteiger partial charge < -0.3 is 5.73 Å². The van der Waals surface area contributed by atoms with Crippen LogP contribution in [0.3, 0.4) is 0 Å². The van der Waals surface area contributed by atoms with Gasteiger partial charge in [0.1, 0.15) is 0 Å². The Hall–Kier alpha value is -1.51. The third-order valence-corrected chi connectivity index (χ3v) is 6.37. The zero-order chi connectivity index (χ0) is 17.2. The molecule has 0 aliphatic carbocycles. The molecule has 1 aromatic rings. The van der Waals surface area contributed by atoms with Gasteiger partial charge >= 0.3 is 0 Å². The van der Waals surface area contributed by atoms with E-state index in [-0.39, 0.29) is 22.5 Å². The standard InChI is InChI=1S/C15H23N3O4S/c1-3-12-6-7-14(18(19)20)9-15(12)23(21,22)17-8-4-5-13(10-17)11(2)16/h6-7,9,11,13H,3-5,8,10,16H2,1-2H3. The van der Waals surface area contributed by atoms with Gasteiger partial charge in [-0.15, -0.1) is 0 Å². The molecule has 2 rings (SSSR count). The minimum Gasteiger partial charge on any atom is -0.328 e. The number of sulfonamides is 1. The Morgan fingerprint density at radius 3 is 2.74 bits per heavy atom. The second-order valence-corrected chi connectivity index (χ2v) is 7.93. The van der Waals surface area contributed by atoms with E-state index in [1.807, 2.05) is 13.8 Å². The van der Waals surface area contributed by atoms with Gasteiger partial charge in [0.2, 0.25) is 10.0 Å². The Labute approximate surface area is 136 Å². The Morgan fingerprint density at radius 2 is 2.17 bits per heavy atom. The number of rotatable bonds is 5. The van der Waals surface area contributed by atoms with Crippen LogP contribution < -0.4 is 5.73 Å². The fraction of sp³-hybridized carbons (Fsp3) is 0.600. The number of nitro groups is 1. The third kappa shape index (κ3) is 3.70. The molecule has 8 heteroatoms. The number of benzene rings is 1. The second-order valence-electron chi connectivity index (χ2n) is 6.03. The van der Waals surface area contributed by atoms with Crippen molar-refractivity contribution in [2.75, 3.05) is 13.1 Å². The molecule has 0 spiro atoms. The van der Waals surface area contributed by atoms with Gasteiger partial charge in [0, 0.05) is 31.3 Å². The van der Waals surface area contributed by atoms with Crippen molar-refractivity contribution in [1.29, 1.82) is 0 Å². The van der Waals surface area contributed by atoms with Crippen LogP contribution in [0.2, 0.25) is 0 Å². The smallest absolute Gasteiger partial charge is 0.270 e. The predicted octanol–water partition coefficient (Wildman–Crippen LogP) is 1.91. The fourth-order valence-corrected chi connectivity index (χ4v) is 4.80. The molecule has 2 N–H and O–H groups in total. The number of non-ortho nitro benzene ring substituents is 1. The van der Waals surface area contributed by atoms with Crippen molar-refractivity contribution in [3.63, 3.8) is 0 Å². The number of nitro benzene ring substituents is 1. The second kappa shape index (κ2) is 6.94. The zero-order valence-corrected chi connectivity index (χ0v) is 14.3. The lowest BCUT2D eigenvalue weighted by Crippen LogP contribution is -2.45. The molecule has 23 heavy (non-hydrogen) atoms. The van der Waals surface area contributed by atoms with Gasteiger partial charge in [0.25, 0.3) is 5.69 Å². The zero-order valence-electron chi connectivity index (χ0n) is 13.4. The van der Waals surface area contributed by atoms with E-state index < -0.39 is 14.9 Å². The largest absolute Gasteiger partial charge is 0.328 e. The van der Waals surface area contributed by atoms with Crippen LogP contribution in [0, 0.1) is 16.0 Å². The number of piperidine rings is 1. The highest BCUT2D eigenvalue weighted by Gasteiger charge is 2.33. The summed E-state index contributed by atoms with van der Waals surface area (Å²) in [4.78, 5) is 10.4. The van der Waals surface area contributed by atoms with E-state index >= 15 is 0 Å². The molecule has 0 bridgehead atoms. The monoisotopic (exact) mass is 341 g/mol. The first kappa shape index (κ1) is 17.8. The Bertz CT molecular complexity index is 688. The number of nitrogens with two attached hydrogens (primary N) is 1. The lowest BCUT2D eigenvalue weighted by molar-refractivity contribution is -0.385. The average molecular weight is 341 g/mol. The van der Waals surface area contributed by atoms with Gasteiger partial charge in [0.15, 0.2) is 0 Å². The molecular weight excluding hydrogens is 318 g/mol. The molecule has 2 unspecified atom stereocenters. The van der Waals surface area contributed by atoms with Crippen LogP contribution >= 0.6 is 0 Å². The van der Waals surface area contributed by atoms with Crippen molar-refractivity contribution in [2.45, 2.75) is 44.0 Å². The molecule has 1 aliphatic rings. The molecule has 0 radical (unpaired) electrons. The summed E-state index contributed by atoms with van der Waals surface area (Å²) in [6, 6.07) is 3.96. The summed E-state index contributed by atoms with van der Waals surface area (Å²) in [6.07, 6.45) is 2.15. The average Bonchev–Trinajstić information content (AvgIpc) is 2.54. The quantitative estimate of drug-likeness (QED) is 0.650. The highest BCUT2D eigenvalue weighted by atomic mass is 32.2. The summed E-state index contributed by atoms with van der Waals surface area (Å²) in [5, 5.41) is 11.0. The lowest BCUT2D eigenvalue weighted by atomic mass is 9.93. The summed E-state index contributed by atoms with van der Waals surface area (Å²) in [6.45, 7) is 4.51. The maximum atomic E-state index is 13.0. The molecule has 2 atom stereocenters. The number of nitrogens with zero attached hydrogens (tertiary/aromatic N) is 2. The Morgan fingerprint density at radius 1 is 1.48 bits per heavy atom. The van der Waals surface area contributed by atoms with E-state index in [4.69, 9.17) is 5.73 Å². The van der Waals surface area contributed by atoms with Gasteiger partial charge in [-0.2, -0.15) is 4.31 Å². The molecule has 0 amide bonds. The van der Waals surface area contributed by atoms with E-state index in [9.17, 15) is 18.5 Å². The first-order chi connectivity index (χ1) is 10.8. The lowest BCUT2D eigenvalue weighted by Gasteiger charge is -2.34. The number of hydrogen-bond acceptors (Lipinski definition) is 5. The van der Waals surface area contributed by atoms with Crippen LogP contribution in [-0.4, -0.2) is 36.8 Å². The van der Waals surface area contributed by atoms with Gasteiger partial charge in [-0.25, -0.2) is 8.42 Å². The topological polar surface area (TPSA) is 107 Å². The van der Waals surface area contributed by atoms with Gasteiger partial charge in [-0.1, -0.05) is 13.0 Å². The molecule has 0 saturated carbocycles. The molecule has 1 aromatic carbocycles.